The lowest BCUT2D eigenvalue weighted by atomic mass is 10.2. The number of aryl methyl sites for hydroxylation is 2. The summed E-state index contributed by atoms with van der Waals surface area (Å²) < 4.78 is 2.64. The van der Waals surface area contributed by atoms with Gasteiger partial charge in [0.05, 0.1) is 0 Å². The van der Waals surface area contributed by atoms with Crippen LogP contribution in [0.25, 0.3) is 10.3 Å². The zero-order valence-corrected chi connectivity index (χ0v) is 13.1. The first-order valence-corrected chi connectivity index (χ1v) is 8.49. The van der Waals surface area contributed by atoms with Gasteiger partial charge in [-0.05, 0) is 25.5 Å². The molecule has 1 aliphatic rings. The predicted molar refractivity (Wildman–Crippen MR) is 85.3 cm³/mol. The fraction of sp³-hybridized carbons (Fsp3) is 0.267. The third-order valence-electron chi connectivity index (χ3n) is 3.59. The van der Waals surface area contributed by atoms with E-state index in [0.717, 1.165) is 39.3 Å². The van der Waals surface area contributed by atoms with Gasteiger partial charge in [0.1, 0.15) is 5.82 Å². The highest BCUT2D eigenvalue weighted by Crippen LogP contribution is 2.33. The Balaban J connectivity index is 1.76. The van der Waals surface area contributed by atoms with E-state index in [2.05, 4.69) is 41.2 Å². The van der Waals surface area contributed by atoms with Gasteiger partial charge in [0.2, 0.25) is 0 Å². The minimum absolute atomic E-state index is 0.0134. The van der Waals surface area contributed by atoms with Gasteiger partial charge in [-0.15, -0.1) is 0 Å². The van der Waals surface area contributed by atoms with Gasteiger partial charge in [-0.25, -0.2) is 9.97 Å². The number of thiazole rings is 1. The van der Waals surface area contributed by atoms with E-state index in [1.54, 1.807) is 16.3 Å². The highest BCUT2D eigenvalue weighted by atomic mass is 32.2. The normalized spacial score (nSPS) is 13.8. The van der Waals surface area contributed by atoms with Gasteiger partial charge in [0.15, 0.2) is 14.7 Å². The molecule has 0 saturated carbocycles. The molecule has 0 bridgehead atoms. The second-order valence-electron chi connectivity index (χ2n) is 5.14. The highest BCUT2D eigenvalue weighted by Gasteiger charge is 2.19. The molecule has 0 radical (unpaired) electrons. The van der Waals surface area contributed by atoms with Crippen LogP contribution in [0.5, 0.6) is 0 Å². The van der Waals surface area contributed by atoms with E-state index >= 15 is 0 Å². The molecule has 0 fully saturated rings. The summed E-state index contributed by atoms with van der Waals surface area (Å²) in [6.45, 7) is 2.84. The van der Waals surface area contributed by atoms with Crippen LogP contribution >= 0.6 is 23.1 Å². The van der Waals surface area contributed by atoms with E-state index in [9.17, 15) is 4.79 Å². The minimum atomic E-state index is 0.0134. The zero-order chi connectivity index (χ0) is 14.4. The third-order valence-corrected chi connectivity index (χ3v) is 5.61. The fourth-order valence-corrected chi connectivity index (χ4v) is 4.48. The summed E-state index contributed by atoms with van der Waals surface area (Å²) in [5.74, 6) is 0.906. The summed E-state index contributed by atoms with van der Waals surface area (Å²) >= 11 is 3.09. The first-order chi connectivity index (χ1) is 10.2. The number of rotatable bonds is 2. The number of fused-ring (bicyclic) bond motifs is 2. The molecule has 1 aromatic carbocycles. The van der Waals surface area contributed by atoms with Gasteiger partial charge in [-0.2, -0.15) is 0 Å². The zero-order valence-electron chi connectivity index (χ0n) is 11.5. The van der Waals surface area contributed by atoms with Crippen molar-refractivity contribution in [3.8, 4) is 0 Å². The van der Waals surface area contributed by atoms with E-state index in [0.29, 0.717) is 5.52 Å². The van der Waals surface area contributed by atoms with Crippen molar-refractivity contribution < 1.29 is 0 Å². The molecule has 3 aromatic rings. The molecule has 0 N–H and O–H groups in total. The van der Waals surface area contributed by atoms with Crippen LogP contribution in [0, 0.1) is 6.92 Å². The molecular formula is C15H13N3OS2. The summed E-state index contributed by atoms with van der Waals surface area (Å²) in [5.41, 5.74) is 1.76. The standard InChI is InChI=1S/C15H13N3OS2/c1-9-4-6-10(7-5-9)20-15-17-12-13(21-15)16-11-3-2-8-18(11)14(12)19/h4-7H,2-3,8H2,1H3. The molecule has 1 aliphatic heterocycles. The first-order valence-electron chi connectivity index (χ1n) is 6.85. The van der Waals surface area contributed by atoms with Crippen molar-refractivity contribution in [2.45, 2.75) is 35.5 Å². The Labute approximate surface area is 129 Å². The molecule has 3 heterocycles. The van der Waals surface area contributed by atoms with E-state index in [1.165, 1.54) is 16.9 Å². The molecule has 0 atom stereocenters. The van der Waals surface area contributed by atoms with E-state index in [1.807, 2.05) is 0 Å². The SMILES string of the molecule is Cc1ccc(Sc2nc3c(=O)n4c(nc3s2)CCC4)cc1. The average molecular weight is 315 g/mol. The Morgan fingerprint density at radius 1 is 1.24 bits per heavy atom. The Kier molecular flexibility index (Phi) is 3.08. The van der Waals surface area contributed by atoms with Gasteiger partial charge in [-0.1, -0.05) is 40.8 Å². The average Bonchev–Trinajstić information content (AvgIpc) is 3.08. The van der Waals surface area contributed by atoms with Gasteiger partial charge in [0.25, 0.3) is 5.56 Å². The van der Waals surface area contributed by atoms with Crippen LogP contribution in [-0.2, 0) is 13.0 Å². The van der Waals surface area contributed by atoms with Crippen LogP contribution in [0.4, 0.5) is 0 Å². The van der Waals surface area contributed by atoms with E-state index in [4.69, 9.17) is 0 Å². The molecule has 106 valence electrons. The molecule has 4 rings (SSSR count). The largest absolute Gasteiger partial charge is 0.295 e. The van der Waals surface area contributed by atoms with Crippen molar-refractivity contribution in [3.05, 3.63) is 46.0 Å². The molecule has 0 unspecified atom stereocenters. The summed E-state index contributed by atoms with van der Waals surface area (Å²) in [5, 5.41) is 0. The van der Waals surface area contributed by atoms with Crippen molar-refractivity contribution in [3.63, 3.8) is 0 Å². The molecule has 21 heavy (non-hydrogen) atoms. The van der Waals surface area contributed by atoms with Crippen LogP contribution in [0.15, 0.2) is 38.3 Å². The van der Waals surface area contributed by atoms with Crippen LogP contribution in [-0.4, -0.2) is 14.5 Å². The smallest absolute Gasteiger partial charge is 0.280 e. The lowest BCUT2D eigenvalue weighted by molar-refractivity contribution is 0.718. The molecular weight excluding hydrogens is 302 g/mol. The number of benzene rings is 1. The number of hydrogen-bond donors (Lipinski definition) is 0. The molecule has 0 amide bonds. The second-order valence-corrected chi connectivity index (χ2v) is 7.44. The molecule has 0 spiro atoms. The number of hydrogen-bond acceptors (Lipinski definition) is 5. The van der Waals surface area contributed by atoms with Crippen LogP contribution < -0.4 is 5.56 Å². The fourth-order valence-electron chi connectivity index (χ4n) is 2.50. The maximum atomic E-state index is 12.4. The Morgan fingerprint density at radius 2 is 2.05 bits per heavy atom. The molecule has 4 nitrogen and oxygen atoms in total. The van der Waals surface area contributed by atoms with Crippen molar-refractivity contribution in [1.29, 1.82) is 0 Å². The quantitative estimate of drug-likeness (QED) is 0.728. The van der Waals surface area contributed by atoms with Gasteiger partial charge < -0.3 is 0 Å². The summed E-state index contributed by atoms with van der Waals surface area (Å²) in [6.07, 6.45) is 1.90. The van der Waals surface area contributed by atoms with Crippen molar-refractivity contribution >= 4 is 33.4 Å². The van der Waals surface area contributed by atoms with E-state index in [-0.39, 0.29) is 5.56 Å². The minimum Gasteiger partial charge on any atom is -0.295 e. The monoisotopic (exact) mass is 315 g/mol. The summed E-state index contributed by atoms with van der Waals surface area (Å²) in [7, 11) is 0. The topological polar surface area (TPSA) is 47.8 Å². The number of nitrogens with zero attached hydrogens (tertiary/aromatic N) is 3. The predicted octanol–water partition coefficient (Wildman–Crippen LogP) is 3.26. The lowest BCUT2D eigenvalue weighted by Gasteiger charge is -1.99. The van der Waals surface area contributed by atoms with Crippen LogP contribution in [0.1, 0.15) is 17.8 Å². The van der Waals surface area contributed by atoms with Crippen molar-refractivity contribution in [2.75, 3.05) is 0 Å². The van der Waals surface area contributed by atoms with E-state index < -0.39 is 0 Å². The molecule has 2 aromatic heterocycles. The Bertz CT molecular complexity index is 880. The van der Waals surface area contributed by atoms with Gasteiger partial charge in [-0.3, -0.25) is 9.36 Å². The maximum absolute atomic E-state index is 12.4. The molecule has 6 heteroatoms. The van der Waals surface area contributed by atoms with Gasteiger partial charge >= 0.3 is 0 Å². The Morgan fingerprint density at radius 3 is 2.86 bits per heavy atom. The Hall–Kier alpha value is -1.66. The molecule has 0 aliphatic carbocycles. The highest BCUT2D eigenvalue weighted by molar-refractivity contribution is 8.01. The van der Waals surface area contributed by atoms with Crippen molar-refractivity contribution in [1.82, 2.24) is 14.5 Å². The summed E-state index contributed by atoms with van der Waals surface area (Å²) in [4.78, 5) is 23.4. The second kappa shape index (κ2) is 4.96. The summed E-state index contributed by atoms with van der Waals surface area (Å²) in [6, 6.07) is 8.31. The lowest BCUT2D eigenvalue weighted by Crippen LogP contribution is -2.20. The van der Waals surface area contributed by atoms with Gasteiger partial charge in [0, 0.05) is 17.9 Å². The van der Waals surface area contributed by atoms with Crippen LogP contribution in [0.2, 0.25) is 0 Å². The maximum Gasteiger partial charge on any atom is 0.280 e. The van der Waals surface area contributed by atoms with Crippen molar-refractivity contribution in [2.24, 2.45) is 0 Å². The first kappa shape index (κ1) is 13.0. The van der Waals surface area contributed by atoms with Crippen LogP contribution in [0.3, 0.4) is 0 Å². The molecule has 0 saturated heterocycles. The third kappa shape index (κ3) is 2.28. The number of aromatic nitrogens is 3.